The summed E-state index contributed by atoms with van der Waals surface area (Å²) in [5.74, 6) is 0.365. The minimum atomic E-state index is -0.983. The summed E-state index contributed by atoms with van der Waals surface area (Å²) in [4.78, 5) is 11.2. The molecule has 5 nitrogen and oxygen atoms in total. The summed E-state index contributed by atoms with van der Waals surface area (Å²) < 4.78 is 12.9. The SMILES string of the molecule is CCCOc1c(Br)cc(Br)cc1CNc1cc(C(=O)O)ccc1OC. The van der Waals surface area contributed by atoms with Gasteiger partial charge >= 0.3 is 5.97 Å². The number of rotatable bonds is 8. The Morgan fingerprint density at radius 1 is 1.24 bits per heavy atom. The van der Waals surface area contributed by atoms with Gasteiger partial charge < -0.3 is 19.9 Å². The van der Waals surface area contributed by atoms with Crippen molar-refractivity contribution >= 4 is 43.5 Å². The van der Waals surface area contributed by atoms with Crippen LogP contribution in [-0.4, -0.2) is 24.8 Å². The molecule has 0 radical (unpaired) electrons. The van der Waals surface area contributed by atoms with E-state index in [9.17, 15) is 9.90 Å². The van der Waals surface area contributed by atoms with Crippen LogP contribution in [0.1, 0.15) is 29.3 Å². The van der Waals surface area contributed by atoms with E-state index in [1.807, 2.05) is 19.1 Å². The van der Waals surface area contributed by atoms with Crippen LogP contribution in [-0.2, 0) is 6.54 Å². The summed E-state index contributed by atoms with van der Waals surface area (Å²) in [5.41, 5.74) is 1.75. The molecule has 0 amide bonds. The highest BCUT2D eigenvalue weighted by molar-refractivity contribution is 9.11. The highest BCUT2D eigenvalue weighted by Crippen LogP contribution is 2.34. The fraction of sp³-hybridized carbons (Fsp3) is 0.278. The van der Waals surface area contributed by atoms with Gasteiger partial charge in [-0.15, -0.1) is 0 Å². The number of halogens is 2. The summed E-state index contributed by atoms with van der Waals surface area (Å²) in [7, 11) is 1.55. The first-order valence-electron chi connectivity index (χ1n) is 7.72. The summed E-state index contributed by atoms with van der Waals surface area (Å²) in [6, 6.07) is 8.60. The number of hydrogen-bond donors (Lipinski definition) is 2. The van der Waals surface area contributed by atoms with Gasteiger partial charge in [-0.25, -0.2) is 4.79 Å². The molecule has 0 saturated carbocycles. The number of carboxylic acid groups (broad SMARTS) is 1. The minimum absolute atomic E-state index is 0.196. The van der Waals surface area contributed by atoms with E-state index in [-0.39, 0.29) is 5.56 Å². The quantitative estimate of drug-likeness (QED) is 0.544. The lowest BCUT2D eigenvalue weighted by Crippen LogP contribution is -2.07. The molecule has 134 valence electrons. The number of hydrogen-bond acceptors (Lipinski definition) is 4. The minimum Gasteiger partial charge on any atom is -0.495 e. The molecule has 2 rings (SSSR count). The van der Waals surface area contributed by atoms with Crippen LogP contribution >= 0.6 is 31.9 Å². The van der Waals surface area contributed by atoms with E-state index in [0.717, 1.165) is 26.7 Å². The lowest BCUT2D eigenvalue weighted by molar-refractivity contribution is 0.0697. The van der Waals surface area contributed by atoms with E-state index in [4.69, 9.17) is 9.47 Å². The summed E-state index contributed by atoms with van der Waals surface area (Å²) in [6.07, 6.45) is 0.907. The zero-order valence-electron chi connectivity index (χ0n) is 13.9. The lowest BCUT2D eigenvalue weighted by atomic mass is 10.1. The van der Waals surface area contributed by atoms with Crippen molar-refractivity contribution in [1.82, 2.24) is 0 Å². The van der Waals surface area contributed by atoms with Crippen molar-refractivity contribution in [2.75, 3.05) is 19.0 Å². The molecule has 2 N–H and O–H groups in total. The molecule has 0 aliphatic carbocycles. The van der Waals surface area contributed by atoms with Crippen molar-refractivity contribution in [2.24, 2.45) is 0 Å². The zero-order valence-corrected chi connectivity index (χ0v) is 17.1. The molecular weight excluding hydrogens is 454 g/mol. The average Bonchev–Trinajstić information content (AvgIpc) is 2.58. The predicted molar refractivity (Wildman–Crippen MR) is 105 cm³/mol. The topological polar surface area (TPSA) is 67.8 Å². The molecule has 2 aromatic carbocycles. The van der Waals surface area contributed by atoms with Crippen molar-refractivity contribution in [2.45, 2.75) is 19.9 Å². The normalized spacial score (nSPS) is 10.4. The standard InChI is InChI=1S/C18H19Br2NO4/c1-3-6-25-17-12(7-13(19)9-14(17)20)10-21-15-8-11(18(22)23)4-5-16(15)24-2/h4-5,7-9,21H,3,6,10H2,1-2H3,(H,22,23). The molecule has 25 heavy (non-hydrogen) atoms. The second-order valence-corrected chi connectivity index (χ2v) is 7.07. The van der Waals surface area contributed by atoms with E-state index in [0.29, 0.717) is 24.6 Å². The first-order valence-corrected chi connectivity index (χ1v) is 9.30. The van der Waals surface area contributed by atoms with Gasteiger partial charge in [0.05, 0.1) is 29.4 Å². The Hall–Kier alpha value is -1.73. The molecule has 2 aromatic rings. The second kappa shape index (κ2) is 9.10. The predicted octanol–water partition coefficient (Wildman–Crippen LogP) is 5.32. The maximum absolute atomic E-state index is 11.2. The van der Waals surface area contributed by atoms with Crippen LogP contribution in [0.2, 0.25) is 0 Å². The third kappa shape index (κ3) is 5.12. The van der Waals surface area contributed by atoms with Gasteiger partial charge in [-0.3, -0.25) is 0 Å². The van der Waals surface area contributed by atoms with Crippen LogP contribution in [0.25, 0.3) is 0 Å². The van der Waals surface area contributed by atoms with Gasteiger partial charge in [0, 0.05) is 16.6 Å². The van der Waals surface area contributed by atoms with Crippen LogP contribution in [0, 0.1) is 0 Å². The Kier molecular flexibility index (Phi) is 7.13. The largest absolute Gasteiger partial charge is 0.495 e. The van der Waals surface area contributed by atoms with Gasteiger partial charge in [0.2, 0.25) is 0 Å². The third-order valence-corrected chi connectivity index (χ3v) is 4.50. The highest BCUT2D eigenvalue weighted by Gasteiger charge is 2.13. The highest BCUT2D eigenvalue weighted by atomic mass is 79.9. The van der Waals surface area contributed by atoms with Crippen molar-refractivity contribution in [3.8, 4) is 11.5 Å². The van der Waals surface area contributed by atoms with E-state index < -0.39 is 5.97 Å². The molecular formula is C18H19Br2NO4. The Morgan fingerprint density at radius 3 is 2.64 bits per heavy atom. The van der Waals surface area contributed by atoms with Gasteiger partial charge in [0.15, 0.2) is 0 Å². The Morgan fingerprint density at radius 2 is 2.00 bits per heavy atom. The number of methoxy groups -OCH3 is 1. The summed E-state index contributed by atoms with van der Waals surface area (Å²) in [6.45, 7) is 3.12. The van der Waals surface area contributed by atoms with E-state index in [2.05, 4.69) is 37.2 Å². The first kappa shape index (κ1) is 19.6. The van der Waals surface area contributed by atoms with Crippen LogP contribution in [0.4, 0.5) is 5.69 Å². The van der Waals surface area contributed by atoms with Crippen LogP contribution in [0.3, 0.4) is 0 Å². The maximum Gasteiger partial charge on any atom is 0.335 e. The second-order valence-electron chi connectivity index (χ2n) is 5.30. The number of nitrogens with one attached hydrogen (secondary N) is 1. The number of benzene rings is 2. The zero-order chi connectivity index (χ0) is 18.4. The summed E-state index contributed by atoms with van der Waals surface area (Å²) >= 11 is 7.01. The number of carbonyl (C=O) groups is 1. The number of ether oxygens (including phenoxy) is 2. The molecule has 0 aliphatic rings. The molecule has 0 unspecified atom stereocenters. The Balaban J connectivity index is 2.29. The molecule has 0 spiro atoms. The average molecular weight is 473 g/mol. The Bertz CT molecular complexity index is 765. The van der Waals surface area contributed by atoms with Crippen molar-refractivity contribution in [3.05, 3.63) is 50.4 Å². The number of carboxylic acids is 1. The number of aromatic carboxylic acids is 1. The van der Waals surface area contributed by atoms with Crippen molar-refractivity contribution in [1.29, 1.82) is 0 Å². The van der Waals surface area contributed by atoms with Gasteiger partial charge in [-0.1, -0.05) is 22.9 Å². The third-order valence-electron chi connectivity index (χ3n) is 3.45. The van der Waals surface area contributed by atoms with Gasteiger partial charge in [0.1, 0.15) is 11.5 Å². The van der Waals surface area contributed by atoms with Gasteiger partial charge in [-0.2, -0.15) is 0 Å². The van der Waals surface area contributed by atoms with Crippen LogP contribution in [0.15, 0.2) is 39.3 Å². The molecule has 0 atom stereocenters. The first-order chi connectivity index (χ1) is 12.0. The van der Waals surface area contributed by atoms with Gasteiger partial charge in [0.25, 0.3) is 0 Å². The fourth-order valence-electron chi connectivity index (χ4n) is 2.28. The van der Waals surface area contributed by atoms with E-state index >= 15 is 0 Å². The van der Waals surface area contributed by atoms with Gasteiger partial charge in [-0.05, 0) is 52.7 Å². The molecule has 0 saturated heterocycles. The Labute approximate surface area is 163 Å². The van der Waals surface area contributed by atoms with Crippen LogP contribution in [0.5, 0.6) is 11.5 Å². The smallest absolute Gasteiger partial charge is 0.335 e. The lowest BCUT2D eigenvalue weighted by Gasteiger charge is -2.16. The molecule has 7 heteroatoms. The summed E-state index contributed by atoms with van der Waals surface area (Å²) in [5, 5.41) is 12.4. The molecule has 0 aromatic heterocycles. The fourth-order valence-corrected chi connectivity index (χ4v) is 3.71. The van der Waals surface area contributed by atoms with E-state index in [1.165, 1.54) is 6.07 Å². The molecule has 0 fully saturated rings. The molecule has 0 bridgehead atoms. The monoisotopic (exact) mass is 471 g/mol. The molecule has 0 aliphatic heterocycles. The van der Waals surface area contributed by atoms with Crippen LogP contribution < -0.4 is 14.8 Å². The molecule has 0 heterocycles. The maximum atomic E-state index is 11.2. The van der Waals surface area contributed by atoms with Crippen molar-refractivity contribution in [3.63, 3.8) is 0 Å². The van der Waals surface area contributed by atoms with E-state index in [1.54, 1.807) is 19.2 Å². The number of anilines is 1. The van der Waals surface area contributed by atoms with Crippen molar-refractivity contribution < 1.29 is 19.4 Å².